The molecule has 726 valence electrons. The minimum absolute atomic E-state index is 0.00124. The molecular formula is C112H140O23. The average molecular weight is 1850 g/mol. The molecule has 8 spiro atoms. The fraction of sp³-hybridized carbons (Fsp3) is 0.804. The Balaban J connectivity index is 0.0000000881. The molecule has 25 fully saturated rings. The number of methoxy groups -OCH3 is 2. The van der Waals surface area contributed by atoms with Crippen LogP contribution in [0, 0.1) is 143 Å². The van der Waals surface area contributed by atoms with Crippen LogP contribution in [0.5, 0.6) is 0 Å². The van der Waals surface area contributed by atoms with E-state index in [-0.39, 0.29) is 213 Å². The number of Topliss-reactive ketones (excluding diaryl/α,β-unsaturated/α-hetero) is 1. The first-order valence-electron chi connectivity index (χ1n) is 53.2. The monoisotopic (exact) mass is 1850 g/mol. The quantitative estimate of drug-likeness (QED) is 0.141. The number of esters is 6. The largest absolute Gasteiger partial charge is 0.469 e. The number of ether oxygens (including phenoxy) is 11. The van der Waals surface area contributed by atoms with Gasteiger partial charge in [-0.3, -0.25) is 57.5 Å². The van der Waals surface area contributed by atoms with Crippen LogP contribution in [-0.4, -0.2) is 166 Å². The van der Waals surface area contributed by atoms with Crippen molar-refractivity contribution >= 4 is 70.5 Å². The van der Waals surface area contributed by atoms with Gasteiger partial charge in [0.1, 0.15) is 50.6 Å². The van der Waals surface area contributed by atoms with Gasteiger partial charge in [-0.2, -0.15) is 0 Å². The summed E-state index contributed by atoms with van der Waals surface area (Å²) in [5.74, 6) is 5.91. The zero-order valence-electron chi connectivity index (χ0n) is 81.5. The number of carbonyl (C=O) groups is 12. The summed E-state index contributed by atoms with van der Waals surface area (Å²) in [5, 5.41) is 0. The Hall–Kier alpha value is -6.66. The van der Waals surface area contributed by atoms with E-state index in [1.54, 1.807) is 12.2 Å². The predicted octanol–water partition coefficient (Wildman–Crippen LogP) is 16.6. The van der Waals surface area contributed by atoms with E-state index < -0.39 is 16.8 Å². The molecule has 0 aromatic rings. The molecule has 0 aromatic carbocycles. The minimum Gasteiger partial charge on any atom is -0.469 e. The van der Waals surface area contributed by atoms with E-state index in [2.05, 4.69) is 69.2 Å². The van der Waals surface area contributed by atoms with E-state index in [1.807, 2.05) is 18.2 Å². The molecule has 0 bridgehead atoms. The molecule has 26 unspecified atom stereocenters. The third-order valence-corrected chi connectivity index (χ3v) is 48.5. The highest BCUT2D eigenvalue weighted by Crippen LogP contribution is 2.86. The third-order valence-electron chi connectivity index (χ3n) is 48.5. The van der Waals surface area contributed by atoms with Gasteiger partial charge in [-0.25, -0.2) is 0 Å². The molecule has 21 aliphatic carbocycles. The predicted molar refractivity (Wildman–Crippen MR) is 482 cm³/mol. The lowest BCUT2D eigenvalue weighted by Gasteiger charge is -2.58. The normalized spacial score (nSPS) is 56.1. The Bertz CT molecular complexity index is 5590. The van der Waals surface area contributed by atoms with E-state index in [9.17, 15) is 57.5 Å². The summed E-state index contributed by atoms with van der Waals surface area (Å²) in [7, 11) is 2.91. The van der Waals surface area contributed by atoms with Crippen molar-refractivity contribution in [1.82, 2.24) is 0 Å². The lowest BCUT2D eigenvalue weighted by Crippen LogP contribution is -2.63. The molecule has 23 nitrogen and oxygen atoms in total. The van der Waals surface area contributed by atoms with Crippen molar-refractivity contribution in [3.05, 3.63) is 58.2 Å². The topological polar surface area (TPSA) is 323 Å². The lowest BCUT2D eigenvalue weighted by molar-refractivity contribution is -0.172. The summed E-state index contributed by atoms with van der Waals surface area (Å²) < 4.78 is 67.5. The Morgan fingerprint density at radius 2 is 0.741 bits per heavy atom. The van der Waals surface area contributed by atoms with Gasteiger partial charge in [0.05, 0.1) is 62.7 Å². The smallest absolute Gasteiger partial charge is 0.309 e. The van der Waals surface area contributed by atoms with E-state index in [4.69, 9.17) is 52.1 Å². The molecule has 9 heterocycles. The van der Waals surface area contributed by atoms with Gasteiger partial charge >= 0.3 is 35.8 Å². The first-order chi connectivity index (χ1) is 64.1. The van der Waals surface area contributed by atoms with E-state index in [1.165, 1.54) is 43.8 Å². The second-order valence-corrected chi connectivity index (χ2v) is 51.9. The molecule has 30 aliphatic rings. The maximum absolute atomic E-state index is 13.0. The summed E-state index contributed by atoms with van der Waals surface area (Å²) in [6, 6.07) is 0. The second kappa shape index (κ2) is 27.8. The summed E-state index contributed by atoms with van der Waals surface area (Å²) in [4.78, 5) is 147. The minimum atomic E-state index is -0.459. The van der Waals surface area contributed by atoms with Crippen LogP contribution >= 0.6 is 0 Å². The highest BCUT2D eigenvalue weighted by atomic mass is 16.6. The van der Waals surface area contributed by atoms with Crippen molar-refractivity contribution in [2.24, 2.45) is 143 Å². The molecule has 0 aromatic heterocycles. The molecule has 23 heteroatoms. The molecule has 0 amide bonds. The number of allylic oxidation sites excluding steroid dienone is 1. The van der Waals surface area contributed by atoms with Crippen LogP contribution < -0.4 is 0 Å². The maximum atomic E-state index is 13.0. The van der Waals surface area contributed by atoms with E-state index in [0.29, 0.717) is 135 Å². The Morgan fingerprint density at radius 1 is 0.341 bits per heavy atom. The van der Waals surface area contributed by atoms with Crippen molar-refractivity contribution < 1.29 is 110 Å². The highest BCUT2D eigenvalue weighted by molar-refractivity contribution is 5.95. The molecule has 135 heavy (non-hydrogen) atoms. The zero-order valence-corrected chi connectivity index (χ0v) is 81.5. The van der Waals surface area contributed by atoms with Crippen molar-refractivity contribution in [3.63, 3.8) is 0 Å². The average Bonchev–Trinajstić information content (AvgIpc) is 1.45. The molecule has 30 rings (SSSR count). The maximum Gasteiger partial charge on any atom is 0.309 e. The first kappa shape index (κ1) is 88.5. The van der Waals surface area contributed by atoms with Crippen LogP contribution in [-0.2, 0) is 110 Å². The van der Waals surface area contributed by atoms with E-state index >= 15 is 0 Å². The Morgan fingerprint density at radius 3 is 1.27 bits per heavy atom. The van der Waals surface area contributed by atoms with Crippen LogP contribution in [0.4, 0.5) is 0 Å². The van der Waals surface area contributed by atoms with Crippen LogP contribution in [0.1, 0.15) is 320 Å². The third kappa shape index (κ3) is 10.7. The van der Waals surface area contributed by atoms with Gasteiger partial charge in [-0.05, 0) is 287 Å². The van der Waals surface area contributed by atoms with Gasteiger partial charge in [0.15, 0.2) is 28.9 Å². The van der Waals surface area contributed by atoms with Crippen molar-refractivity contribution in [2.45, 2.75) is 401 Å². The van der Waals surface area contributed by atoms with Crippen LogP contribution in [0.15, 0.2) is 58.2 Å². The number of hydrogen-bond donors (Lipinski definition) is 0. The summed E-state index contributed by atoms with van der Waals surface area (Å²) in [6.07, 6.45) is 43.6. The second-order valence-electron chi connectivity index (χ2n) is 51.9. The van der Waals surface area contributed by atoms with Gasteiger partial charge in [0, 0.05) is 125 Å². The summed E-state index contributed by atoms with van der Waals surface area (Å²) in [5.41, 5.74) is 3.59. The standard InChI is InChI=1S/2C24H30O6.C23H28O4.C22H28O4.C19H24O3/c1-21-7-4-14(25)10-13(21)11-15(20(27)28-3)19-16-5-8-23(9-6-18(26)30-23)22(16,2)12-17-24(19,21)29-17;1-22-7-4-13(25)10-12(22)11-14(21(27)28-3)17-15-5-8-24(9-6-16(26)30-24)23(15,2)20-19(29-20)18(17)22;1-20-6-3-12(24)9-16(20)13-10-14(13)19-15-4-7-22(8-5-18(25)27-22)21(15,2)11-17-23(19,20)26-17;1-19-8-5-14(23)11-13(19)3-4-16-15-6-9-21(10-7-18(24)26-21)20(15,2)12-17-22(16,19)25-17;1-17-10-16-19(22-16)14(13(17)5-6-15(17)21)4-3-11-9-12(20)7-8-18(11,19)2/h10,15-17,19H,4-9,11-12H2,1-3H3;10,14-15,17-20H,4-9,11H2,1-3H3;9,13-15,17,19H,3-8,10-11H2,1-2H3;11,15-17H,3-10,12H2,1-2H3;9,13-14,16H,3-8,10H2,1-2H3/t15-,16?,17?,19?,21?,22?,23-,24-;14-,15?,17?,18?,19?,20+,22+,23-,24-;13?,14?,15?,17?,19?,20?,21?,22-,23-;15?,16?,17?,19?,20?,21-,22+;13?,14?,16?,17?,18?,19-/m11110/s1. The molecule has 9 saturated heterocycles. The first-order valence-corrected chi connectivity index (χ1v) is 53.2. The van der Waals surface area contributed by atoms with Crippen LogP contribution in [0.2, 0.25) is 0 Å². The van der Waals surface area contributed by atoms with Crippen molar-refractivity contribution in [3.8, 4) is 0 Å². The Labute approximate surface area is 792 Å². The number of rotatable bonds is 2. The number of hydrogen-bond acceptors (Lipinski definition) is 23. The highest BCUT2D eigenvalue weighted by Gasteiger charge is 2.90. The molecule has 0 N–H and O–H groups in total. The van der Waals surface area contributed by atoms with Gasteiger partial charge in [-0.15, -0.1) is 0 Å². The van der Waals surface area contributed by atoms with Crippen molar-refractivity contribution in [1.29, 1.82) is 0 Å². The lowest BCUT2D eigenvalue weighted by atomic mass is 9.43. The van der Waals surface area contributed by atoms with Gasteiger partial charge in [0.25, 0.3) is 0 Å². The van der Waals surface area contributed by atoms with Crippen molar-refractivity contribution in [2.75, 3.05) is 14.2 Å². The summed E-state index contributed by atoms with van der Waals surface area (Å²) >= 11 is 0. The molecular weight excluding hydrogens is 1710 g/mol. The molecule has 0 radical (unpaired) electrons. The van der Waals surface area contributed by atoms with E-state index in [0.717, 1.165) is 178 Å². The van der Waals surface area contributed by atoms with Gasteiger partial charge in [-0.1, -0.05) is 97.1 Å². The number of epoxide rings is 5. The fourth-order valence-corrected chi connectivity index (χ4v) is 41.5. The fourth-order valence-electron chi connectivity index (χ4n) is 41.5. The molecule has 9 aliphatic heterocycles. The summed E-state index contributed by atoms with van der Waals surface area (Å²) in [6.45, 7) is 23.1. The van der Waals surface area contributed by atoms with Gasteiger partial charge in [0.2, 0.25) is 0 Å². The number of ketones is 6. The SMILES string of the molecule is CC12CC3O[C@@]34C(C3CC3C3=CC(=O)CCC34C)C1CC[C@@]21CCC(=O)O1.CC12CC3O[C@@]34C(CCC3=CC(=O)CCC34C)C1CCC2=O.CC12CC3O[C@@]34C(CCC3=CC(=O)CCC34C)C1CC[C@@]21CCC(=O)O1.COC(=O)[C@@H]1CC2=CC(=O)CCC2(C)[C@@]23OC2CC2(C)C(CC[C@@]24CCC(=O)O4)C13.COC(=O)[C@@H]1CC2=CC(=O)CC[C@]2(C)C2C1C1CC[C@@]3(CCC(=O)O3)[C@@]1(C)[C@H]1OC21. The molecule has 16 saturated carbocycles. The van der Waals surface area contributed by atoms with Crippen LogP contribution in [0.3, 0.4) is 0 Å². The van der Waals surface area contributed by atoms with Crippen LogP contribution in [0.25, 0.3) is 0 Å². The number of fused-ring (bicyclic) bond motifs is 27. The zero-order chi connectivity index (χ0) is 93.8. The Kier molecular flexibility index (Phi) is 18.2. The molecule has 39 atom stereocenters. The number of carbonyl (C=O) groups excluding carboxylic acids is 12. The van der Waals surface area contributed by atoms with Gasteiger partial charge < -0.3 is 52.1 Å².